The van der Waals surface area contributed by atoms with Crippen LogP contribution in [0.4, 0.5) is 5.69 Å². The molecule has 0 atom stereocenters. The second-order valence-corrected chi connectivity index (χ2v) is 5.35. The van der Waals surface area contributed by atoms with Crippen molar-refractivity contribution in [2.75, 3.05) is 25.0 Å². The lowest BCUT2D eigenvalue weighted by Gasteiger charge is -2.20. The molecule has 0 spiro atoms. The number of amides is 1. The average molecular weight is 291 g/mol. The van der Waals surface area contributed by atoms with Crippen molar-refractivity contribution >= 4 is 11.6 Å². The van der Waals surface area contributed by atoms with E-state index in [1.165, 1.54) is 0 Å². The van der Waals surface area contributed by atoms with Crippen molar-refractivity contribution in [3.63, 3.8) is 0 Å². The van der Waals surface area contributed by atoms with E-state index >= 15 is 0 Å². The first-order valence-electron chi connectivity index (χ1n) is 8.01. The van der Waals surface area contributed by atoms with Gasteiger partial charge < -0.3 is 16.0 Å². The Labute approximate surface area is 128 Å². The van der Waals surface area contributed by atoms with Crippen molar-refractivity contribution in [3.8, 4) is 0 Å². The minimum atomic E-state index is 0.0730. The van der Waals surface area contributed by atoms with Gasteiger partial charge in [0.2, 0.25) is 5.91 Å². The van der Waals surface area contributed by atoms with Gasteiger partial charge in [0.05, 0.1) is 0 Å². The highest BCUT2D eigenvalue weighted by atomic mass is 16.1. The lowest BCUT2D eigenvalue weighted by atomic mass is 10.1. The molecule has 0 aliphatic rings. The third kappa shape index (κ3) is 6.74. The Balaban J connectivity index is 2.36. The van der Waals surface area contributed by atoms with E-state index < -0.39 is 0 Å². The molecule has 0 aliphatic heterocycles. The predicted molar refractivity (Wildman–Crippen MR) is 89.2 cm³/mol. The van der Waals surface area contributed by atoms with Crippen LogP contribution in [0.25, 0.3) is 0 Å². The van der Waals surface area contributed by atoms with Crippen LogP contribution in [0.3, 0.4) is 0 Å². The number of nitrogens with zero attached hydrogens (tertiary/aromatic N) is 1. The molecule has 0 aromatic heterocycles. The molecule has 21 heavy (non-hydrogen) atoms. The highest BCUT2D eigenvalue weighted by molar-refractivity contribution is 5.91. The second-order valence-electron chi connectivity index (χ2n) is 5.35. The molecule has 0 unspecified atom stereocenters. The molecular formula is C17H29N3O. The molecule has 118 valence electrons. The number of nitrogens with two attached hydrogens (primary N) is 1. The van der Waals surface area contributed by atoms with Crippen molar-refractivity contribution in [3.05, 3.63) is 29.8 Å². The molecule has 0 saturated carbocycles. The van der Waals surface area contributed by atoms with Crippen molar-refractivity contribution in [2.45, 2.75) is 46.1 Å². The van der Waals surface area contributed by atoms with Gasteiger partial charge in [0.15, 0.2) is 0 Å². The Morgan fingerprint density at radius 1 is 1.14 bits per heavy atom. The summed E-state index contributed by atoms with van der Waals surface area (Å²) in [6, 6.07) is 7.70. The quantitative estimate of drug-likeness (QED) is 0.697. The summed E-state index contributed by atoms with van der Waals surface area (Å²) in [5, 5.41) is 2.96. The first-order chi connectivity index (χ1) is 10.2. The molecular weight excluding hydrogens is 262 g/mol. The van der Waals surface area contributed by atoms with Crippen molar-refractivity contribution < 1.29 is 4.79 Å². The van der Waals surface area contributed by atoms with Crippen LogP contribution >= 0.6 is 0 Å². The summed E-state index contributed by atoms with van der Waals surface area (Å²) in [5.74, 6) is 0.0730. The standard InChI is InChI=1S/C17H29N3O/c1-3-11-20(12-4-2)13-7-10-17(21)19-16-9-6-5-8-15(16)14-18/h5-6,8-9H,3-4,7,10-14,18H2,1-2H3,(H,19,21). The van der Waals surface area contributed by atoms with Gasteiger partial charge in [-0.05, 0) is 50.5 Å². The molecule has 0 bridgehead atoms. The zero-order chi connectivity index (χ0) is 15.5. The van der Waals surface area contributed by atoms with Crippen LogP contribution in [0.1, 0.15) is 45.1 Å². The lowest BCUT2D eigenvalue weighted by molar-refractivity contribution is -0.116. The van der Waals surface area contributed by atoms with E-state index in [2.05, 4.69) is 24.1 Å². The molecule has 3 N–H and O–H groups in total. The highest BCUT2D eigenvalue weighted by Crippen LogP contribution is 2.14. The number of rotatable bonds is 10. The monoisotopic (exact) mass is 291 g/mol. The third-order valence-electron chi connectivity index (χ3n) is 3.47. The Morgan fingerprint density at radius 3 is 2.43 bits per heavy atom. The van der Waals surface area contributed by atoms with Gasteiger partial charge in [-0.2, -0.15) is 0 Å². The molecule has 0 saturated heterocycles. The predicted octanol–water partition coefficient (Wildman–Crippen LogP) is 2.99. The van der Waals surface area contributed by atoms with E-state index in [0.717, 1.165) is 50.1 Å². The van der Waals surface area contributed by atoms with Crippen LogP contribution < -0.4 is 11.1 Å². The smallest absolute Gasteiger partial charge is 0.224 e. The average Bonchev–Trinajstić information content (AvgIpc) is 2.48. The van der Waals surface area contributed by atoms with Crippen LogP contribution in [0, 0.1) is 0 Å². The molecule has 1 aromatic carbocycles. The topological polar surface area (TPSA) is 58.4 Å². The summed E-state index contributed by atoms with van der Waals surface area (Å²) >= 11 is 0. The fourth-order valence-corrected chi connectivity index (χ4v) is 2.46. The fraction of sp³-hybridized carbons (Fsp3) is 0.588. The number of para-hydroxylation sites is 1. The van der Waals surface area contributed by atoms with E-state index in [1.54, 1.807) is 0 Å². The van der Waals surface area contributed by atoms with Crippen LogP contribution in [0.5, 0.6) is 0 Å². The van der Waals surface area contributed by atoms with Gasteiger partial charge in [0.1, 0.15) is 0 Å². The molecule has 4 nitrogen and oxygen atoms in total. The van der Waals surface area contributed by atoms with Crippen LogP contribution in [-0.4, -0.2) is 30.4 Å². The maximum Gasteiger partial charge on any atom is 0.224 e. The van der Waals surface area contributed by atoms with E-state index in [9.17, 15) is 4.79 Å². The Bertz CT molecular complexity index is 414. The molecule has 1 aromatic rings. The zero-order valence-corrected chi connectivity index (χ0v) is 13.4. The molecule has 0 fully saturated rings. The first-order valence-corrected chi connectivity index (χ1v) is 8.01. The lowest BCUT2D eigenvalue weighted by Crippen LogP contribution is -2.27. The van der Waals surface area contributed by atoms with Crippen LogP contribution in [-0.2, 0) is 11.3 Å². The fourth-order valence-electron chi connectivity index (χ4n) is 2.46. The molecule has 0 radical (unpaired) electrons. The largest absolute Gasteiger partial charge is 0.326 e. The molecule has 4 heteroatoms. The van der Waals surface area contributed by atoms with Crippen LogP contribution in [0.2, 0.25) is 0 Å². The number of benzene rings is 1. The van der Waals surface area contributed by atoms with Gasteiger partial charge >= 0.3 is 0 Å². The van der Waals surface area contributed by atoms with E-state index in [1.807, 2.05) is 24.3 Å². The molecule has 1 rings (SSSR count). The van der Waals surface area contributed by atoms with Gasteiger partial charge in [0.25, 0.3) is 0 Å². The molecule has 1 amide bonds. The molecule has 0 aliphatic carbocycles. The summed E-state index contributed by atoms with van der Waals surface area (Å²) in [7, 11) is 0. The van der Waals surface area contributed by atoms with Gasteiger partial charge in [-0.1, -0.05) is 32.0 Å². The number of anilines is 1. The SMILES string of the molecule is CCCN(CCC)CCCC(=O)Nc1ccccc1CN. The Hall–Kier alpha value is -1.39. The number of carbonyl (C=O) groups excluding carboxylic acids is 1. The van der Waals surface area contributed by atoms with Gasteiger partial charge in [0, 0.05) is 18.7 Å². The summed E-state index contributed by atoms with van der Waals surface area (Å²) in [5.41, 5.74) is 7.49. The maximum absolute atomic E-state index is 12.0. The Kier molecular flexibility index (Phi) is 8.71. The third-order valence-corrected chi connectivity index (χ3v) is 3.47. The number of nitrogens with one attached hydrogen (secondary N) is 1. The van der Waals surface area contributed by atoms with Crippen molar-refractivity contribution in [1.29, 1.82) is 0 Å². The highest BCUT2D eigenvalue weighted by Gasteiger charge is 2.07. The Morgan fingerprint density at radius 2 is 1.81 bits per heavy atom. The number of hydrogen-bond acceptors (Lipinski definition) is 3. The summed E-state index contributed by atoms with van der Waals surface area (Å²) in [6.07, 6.45) is 3.78. The van der Waals surface area contributed by atoms with Crippen LogP contribution in [0.15, 0.2) is 24.3 Å². The van der Waals surface area contributed by atoms with Gasteiger partial charge in [-0.25, -0.2) is 0 Å². The number of carbonyl (C=O) groups is 1. The van der Waals surface area contributed by atoms with Crippen molar-refractivity contribution in [1.82, 2.24) is 4.90 Å². The first kappa shape index (κ1) is 17.7. The number of hydrogen-bond donors (Lipinski definition) is 2. The van der Waals surface area contributed by atoms with E-state index in [0.29, 0.717) is 13.0 Å². The summed E-state index contributed by atoms with van der Waals surface area (Å²) in [4.78, 5) is 14.4. The second kappa shape index (κ2) is 10.4. The van der Waals surface area contributed by atoms with E-state index in [4.69, 9.17) is 5.73 Å². The van der Waals surface area contributed by atoms with Crippen molar-refractivity contribution in [2.24, 2.45) is 5.73 Å². The van der Waals surface area contributed by atoms with Gasteiger partial charge in [-0.3, -0.25) is 4.79 Å². The summed E-state index contributed by atoms with van der Waals surface area (Å²) in [6.45, 7) is 8.06. The normalized spacial score (nSPS) is 10.9. The zero-order valence-electron chi connectivity index (χ0n) is 13.4. The minimum Gasteiger partial charge on any atom is -0.326 e. The summed E-state index contributed by atoms with van der Waals surface area (Å²) < 4.78 is 0. The van der Waals surface area contributed by atoms with Gasteiger partial charge in [-0.15, -0.1) is 0 Å². The van der Waals surface area contributed by atoms with E-state index in [-0.39, 0.29) is 5.91 Å². The molecule has 0 heterocycles. The maximum atomic E-state index is 12.0. The minimum absolute atomic E-state index is 0.0730.